The number of hydrogen-bond acceptors (Lipinski definition) is 1. The van der Waals surface area contributed by atoms with Gasteiger partial charge >= 0.3 is 0 Å². The number of likely N-dealkylation sites (N-methyl/N-ethyl adjacent to an activating group) is 1. The Labute approximate surface area is 74.6 Å². The molecule has 68 valence electrons. The summed E-state index contributed by atoms with van der Waals surface area (Å²) in [4.78, 5) is 12.9. The minimum absolute atomic E-state index is 0.0631. The summed E-state index contributed by atoms with van der Waals surface area (Å²) in [7, 11) is 1.79. The maximum Gasteiger partial charge on any atom is 0.246 e. The van der Waals surface area contributed by atoms with Crippen LogP contribution in [0.2, 0.25) is 0 Å². The van der Waals surface area contributed by atoms with Crippen LogP contribution >= 0.6 is 0 Å². The van der Waals surface area contributed by atoms with Gasteiger partial charge in [-0.3, -0.25) is 4.79 Å². The summed E-state index contributed by atoms with van der Waals surface area (Å²) in [6.45, 7) is 6.56. The van der Waals surface area contributed by atoms with Gasteiger partial charge in [-0.25, -0.2) is 0 Å². The Hall–Kier alpha value is -1.05. The fourth-order valence-corrected chi connectivity index (χ4v) is 0.772. The number of carbonyl (C=O) groups is 1. The van der Waals surface area contributed by atoms with Gasteiger partial charge in [0, 0.05) is 19.7 Å². The highest BCUT2D eigenvalue weighted by Crippen LogP contribution is 1.96. The summed E-state index contributed by atoms with van der Waals surface area (Å²) in [5.41, 5.74) is 0.989. The lowest BCUT2D eigenvalue weighted by atomic mass is 10.2. The molecule has 2 nitrogen and oxygen atoms in total. The normalized spacial score (nSPS) is 12.2. The Morgan fingerprint density at radius 2 is 2.08 bits per heavy atom. The second-order valence-corrected chi connectivity index (χ2v) is 2.74. The molecule has 0 unspecified atom stereocenters. The van der Waals surface area contributed by atoms with Crippen molar-refractivity contribution >= 4 is 5.91 Å². The highest BCUT2D eigenvalue weighted by Gasteiger charge is 2.00. The molecule has 0 heterocycles. The zero-order valence-electron chi connectivity index (χ0n) is 8.29. The van der Waals surface area contributed by atoms with Crippen molar-refractivity contribution in [2.45, 2.75) is 20.8 Å². The molecule has 0 aliphatic heterocycles. The van der Waals surface area contributed by atoms with Gasteiger partial charge in [-0.15, -0.1) is 0 Å². The third kappa shape index (κ3) is 3.96. The van der Waals surface area contributed by atoms with Crippen molar-refractivity contribution in [3.8, 4) is 0 Å². The van der Waals surface area contributed by atoms with Gasteiger partial charge in [-0.1, -0.05) is 12.2 Å². The Kier molecular flexibility index (Phi) is 5.09. The number of hydrogen-bond donors (Lipinski definition) is 0. The molecule has 0 radical (unpaired) electrons. The molecule has 2 heteroatoms. The number of amides is 1. The van der Waals surface area contributed by atoms with Crippen molar-refractivity contribution in [3.63, 3.8) is 0 Å². The molecule has 0 bridgehead atoms. The van der Waals surface area contributed by atoms with Gasteiger partial charge in [-0.2, -0.15) is 0 Å². The van der Waals surface area contributed by atoms with Crippen LogP contribution in [-0.4, -0.2) is 24.4 Å². The van der Waals surface area contributed by atoms with Gasteiger partial charge in [0.2, 0.25) is 5.91 Å². The van der Waals surface area contributed by atoms with Gasteiger partial charge in [0.25, 0.3) is 0 Å². The number of nitrogens with zero attached hydrogens (tertiary/aromatic N) is 1. The average Bonchev–Trinajstić information content (AvgIpc) is 2.03. The first-order valence-corrected chi connectivity index (χ1v) is 4.17. The van der Waals surface area contributed by atoms with E-state index in [2.05, 4.69) is 0 Å². The van der Waals surface area contributed by atoms with Crippen molar-refractivity contribution < 1.29 is 4.79 Å². The second-order valence-electron chi connectivity index (χ2n) is 2.74. The van der Waals surface area contributed by atoms with Gasteiger partial charge in [0.1, 0.15) is 0 Å². The first kappa shape index (κ1) is 11.0. The fourth-order valence-electron chi connectivity index (χ4n) is 0.772. The first-order chi connectivity index (χ1) is 5.61. The van der Waals surface area contributed by atoms with Crippen LogP contribution in [0.15, 0.2) is 23.8 Å². The van der Waals surface area contributed by atoms with Crippen molar-refractivity contribution in [3.05, 3.63) is 23.8 Å². The van der Waals surface area contributed by atoms with E-state index in [0.29, 0.717) is 0 Å². The summed E-state index contributed by atoms with van der Waals surface area (Å²) >= 11 is 0. The molecule has 0 N–H and O–H groups in total. The van der Waals surface area contributed by atoms with Crippen LogP contribution < -0.4 is 0 Å². The van der Waals surface area contributed by atoms with Crippen LogP contribution in [0, 0.1) is 0 Å². The Morgan fingerprint density at radius 1 is 1.50 bits per heavy atom. The summed E-state index contributed by atoms with van der Waals surface area (Å²) in [5.74, 6) is 0.0631. The Balaban J connectivity index is 4.23. The fraction of sp³-hybridized carbons (Fsp3) is 0.500. The third-order valence-corrected chi connectivity index (χ3v) is 1.63. The van der Waals surface area contributed by atoms with Gasteiger partial charge < -0.3 is 4.90 Å². The maximum atomic E-state index is 11.3. The number of carbonyl (C=O) groups excluding carboxylic acids is 1. The molecule has 0 aromatic rings. The molecular weight excluding hydrogens is 150 g/mol. The minimum Gasteiger partial charge on any atom is -0.342 e. The molecule has 0 rings (SSSR count). The second kappa shape index (κ2) is 5.58. The van der Waals surface area contributed by atoms with Gasteiger partial charge in [0.05, 0.1) is 0 Å². The molecule has 0 aromatic heterocycles. The summed E-state index contributed by atoms with van der Waals surface area (Å²) < 4.78 is 0. The van der Waals surface area contributed by atoms with Crippen molar-refractivity contribution in [2.24, 2.45) is 0 Å². The quantitative estimate of drug-likeness (QED) is 0.465. The van der Waals surface area contributed by atoms with E-state index in [0.717, 1.165) is 12.1 Å². The lowest BCUT2D eigenvalue weighted by Crippen LogP contribution is -2.24. The molecule has 0 spiro atoms. The van der Waals surface area contributed by atoms with Gasteiger partial charge in [-0.05, 0) is 26.3 Å². The topological polar surface area (TPSA) is 20.3 Å². The Morgan fingerprint density at radius 3 is 2.50 bits per heavy atom. The number of allylic oxidation sites excluding steroid dienone is 3. The molecule has 0 aliphatic carbocycles. The predicted molar refractivity (Wildman–Crippen MR) is 51.9 cm³/mol. The van der Waals surface area contributed by atoms with Crippen LogP contribution in [0.25, 0.3) is 0 Å². The van der Waals surface area contributed by atoms with E-state index in [9.17, 15) is 4.79 Å². The van der Waals surface area contributed by atoms with E-state index in [1.54, 1.807) is 18.0 Å². The van der Waals surface area contributed by atoms with Crippen LogP contribution in [0.1, 0.15) is 20.8 Å². The smallest absolute Gasteiger partial charge is 0.246 e. The highest BCUT2D eigenvalue weighted by atomic mass is 16.2. The number of rotatable bonds is 3. The lowest BCUT2D eigenvalue weighted by Gasteiger charge is -2.11. The standard InChI is InChI=1S/C10H17NO/c1-5-7-9(3)8-10(12)11(4)6-2/h5,7-8H,6H2,1-4H3. The van der Waals surface area contributed by atoms with Crippen LogP contribution in [0.4, 0.5) is 0 Å². The maximum absolute atomic E-state index is 11.3. The Bertz CT molecular complexity index is 204. The van der Waals surface area contributed by atoms with Crippen LogP contribution in [-0.2, 0) is 4.79 Å². The van der Waals surface area contributed by atoms with Gasteiger partial charge in [0.15, 0.2) is 0 Å². The molecule has 0 aliphatic rings. The van der Waals surface area contributed by atoms with Crippen molar-refractivity contribution in [2.75, 3.05) is 13.6 Å². The summed E-state index contributed by atoms with van der Waals surface area (Å²) in [5, 5.41) is 0. The minimum atomic E-state index is 0.0631. The predicted octanol–water partition coefficient (Wildman–Crippen LogP) is 1.99. The molecular formula is C10H17NO. The third-order valence-electron chi connectivity index (χ3n) is 1.63. The van der Waals surface area contributed by atoms with Crippen LogP contribution in [0.5, 0.6) is 0 Å². The largest absolute Gasteiger partial charge is 0.342 e. The molecule has 0 aromatic carbocycles. The van der Waals surface area contributed by atoms with E-state index in [1.165, 1.54) is 0 Å². The van der Waals surface area contributed by atoms with E-state index < -0.39 is 0 Å². The average molecular weight is 167 g/mol. The molecule has 0 saturated carbocycles. The molecule has 0 atom stereocenters. The molecule has 0 fully saturated rings. The summed E-state index contributed by atoms with van der Waals surface area (Å²) in [6.07, 6.45) is 5.48. The molecule has 0 saturated heterocycles. The van der Waals surface area contributed by atoms with E-state index in [1.807, 2.05) is 32.9 Å². The first-order valence-electron chi connectivity index (χ1n) is 4.17. The van der Waals surface area contributed by atoms with Crippen molar-refractivity contribution in [1.29, 1.82) is 0 Å². The highest BCUT2D eigenvalue weighted by molar-refractivity contribution is 5.88. The lowest BCUT2D eigenvalue weighted by molar-refractivity contribution is -0.124. The van der Waals surface area contributed by atoms with Crippen molar-refractivity contribution in [1.82, 2.24) is 4.90 Å². The van der Waals surface area contributed by atoms with E-state index in [-0.39, 0.29) is 5.91 Å². The van der Waals surface area contributed by atoms with E-state index in [4.69, 9.17) is 0 Å². The summed E-state index contributed by atoms with van der Waals surface area (Å²) in [6, 6.07) is 0. The zero-order chi connectivity index (χ0) is 9.56. The molecule has 12 heavy (non-hydrogen) atoms. The molecule has 1 amide bonds. The van der Waals surface area contributed by atoms with Crippen LogP contribution in [0.3, 0.4) is 0 Å². The van der Waals surface area contributed by atoms with E-state index >= 15 is 0 Å². The monoisotopic (exact) mass is 167 g/mol. The SMILES string of the molecule is CC=CC(C)=CC(=O)N(C)CC. The zero-order valence-corrected chi connectivity index (χ0v) is 8.29.